The maximum atomic E-state index is 14.2. The lowest BCUT2D eigenvalue weighted by atomic mass is 9.86. The van der Waals surface area contributed by atoms with E-state index in [0.717, 1.165) is 82.5 Å². The number of carbonyl (C=O) groups is 2. The van der Waals surface area contributed by atoms with Crippen LogP contribution >= 0.6 is 22.7 Å². The smallest absolute Gasteiger partial charge is 0.407 e. The molecule has 2 saturated carbocycles. The van der Waals surface area contributed by atoms with Gasteiger partial charge < -0.3 is 40.4 Å². The molecule has 6 aromatic rings. The second kappa shape index (κ2) is 23.8. The Kier molecular flexibility index (Phi) is 16.9. The van der Waals surface area contributed by atoms with Crippen LogP contribution in [0.3, 0.4) is 0 Å². The van der Waals surface area contributed by atoms with E-state index in [9.17, 15) is 26.4 Å². The molecule has 2 aromatic carbocycles. The Hall–Kier alpha value is -5.92. The molecule has 6 N–H and O–H groups in total. The van der Waals surface area contributed by atoms with Gasteiger partial charge in [-0.1, -0.05) is 12.1 Å². The molecule has 2 aliphatic heterocycles. The second-order valence-electron chi connectivity index (χ2n) is 21.5. The second-order valence-corrected chi connectivity index (χ2v) is 28.0. The summed E-state index contributed by atoms with van der Waals surface area (Å²) in [6.45, 7) is 8.91. The van der Waals surface area contributed by atoms with Crippen LogP contribution in [0.15, 0.2) is 70.7 Å². The average molecular weight is 1140 g/mol. The van der Waals surface area contributed by atoms with Crippen molar-refractivity contribution < 1.29 is 40.6 Å². The Morgan fingerprint density at radius 1 is 0.705 bits per heavy atom. The molecule has 0 bridgehead atoms. The van der Waals surface area contributed by atoms with Crippen LogP contribution in [-0.2, 0) is 40.3 Å². The minimum Gasteiger partial charge on any atom is -0.447 e. The molecule has 2 amide bonds. The lowest BCUT2D eigenvalue weighted by Crippen LogP contribution is -2.52. The molecule has 20 nitrogen and oxygen atoms in total. The van der Waals surface area contributed by atoms with Gasteiger partial charge in [0.05, 0.1) is 52.8 Å². The predicted octanol–water partition coefficient (Wildman–Crippen LogP) is 9.76. The number of hydrogen-bond acceptors (Lipinski definition) is 18. The van der Waals surface area contributed by atoms with E-state index in [1.165, 1.54) is 22.7 Å². The molecule has 2 atom stereocenters. The quantitative estimate of drug-likeness (QED) is 0.0441. The number of carbonyl (C=O) groups excluding carboxylic acids is 2. The number of anilines is 4. The zero-order valence-electron chi connectivity index (χ0n) is 44.5. The van der Waals surface area contributed by atoms with E-state index >= 15 is 0 Å². The van der Waals surface area contributed by atoms with E-state index in [1.54, 1.807) is 24.5 Å². The van der Waals surface area contributed by atoms with Gasteiger partial charge >= 0.3 is 12.2 Å². The number of nitrogens with zero attached hydrogens (tertiary/aromatic N) is 5. The number of sulfone groups is 2. The van der Waals surface area contributed by atoms with Crippen LogP contribution in [0.4, 0.5) is 32.6 Å². The summed E-state index contributed by atoms with van der Waals surface area (Å²) in [5.74, 6) is 1.52. The van der Waals surface area contributed by atoms with E-state index in [1.807, 2.05) is 76.0 Å². The first-order chi connectivity index (χ1) is 37.4. The number of H-pyrrole nitrogens is 2. The van der Waals surface area contributed by atoms with Crippen molar-refractivity contribution in [3.8, 4) is 20.9 Å². The molecular weight excluding hydrogens is 1070 g/mol. The van der Waals surface area contributed by atoms with Gasteiger partial charge in [-0.25, -0.2) is 36.4 Å². The normalized spacial score (nSPS) is 21.7. The van der Waals surface area contributed by atoms with Gasteiger partial charge in [-0.3, -0.25) is 10.2 Å². The molecule has 4 aromatic heterocycles. The van der Waals surface area contributed by atoms with Crippen LogP contribution in [0.25, 0.3) is 20.9 Å². The summed E-state index contributed by atoms with van der Waals surface area (Å²) in [5.41, 5.74) is 4.15. The van der Waals surface area contributed by atoms with Gasteiger partial charge in [0.15, 0.2) is 31.3 Å². The highest BCUT2D eigenvalue weighted by atomic mass is 32.2. The molecule has 4 fully saturated rings. The van der Waals surface area contributed by atoms with Gasteiger partial charge in [0.25, 0.3) is 0 Å². The average Bonchev–Trinajstić information content (AvgIpc) is 4.41. The SMILES string of the molecule is Cc1cc(Nc2ccc(-c3cnc(C4CCC(NC(=O)OC(C)CCc5cc(Nc6ccc(-c7cnc(C8CCC(NC(=O)OC(C)C)CC8)s7)c(S(=O)(=O)C7CCOC7)c6)n[nH]5)CC4)s3)c(S(=O)(=O)C3CN(C)C3)c2)n[nH]1. The van der Waals surface area contributed by atoms with Crippen molar-refractivity contribution in [1.29, 1.82) is 0 Å². The summed E-state index contributed by atoms with van der Waals surface area (Å²) in [4.78, 5) is 39.0. The molecule has 2 aliphatic carbocycles. The Morgan fingerprint density at radius 3 is 1.73 bits per heavy atom. The number of aromatic nitrogens is 6. The molecule has 78 heavy (non-hydrogen) atoms. The van der Waals surface area contributed by atoms with Crippen LogP contribution < -0.4 is 21.3 Å². The van der Waals surface area contributed by atoms with Crippen LogP contribution in [0.1, 0.15) is 118 Å². The highest BCUT2D eigenvalue weighted by Gasteiger charge is 2.39. The first-order valence-corrected chi connectivity index (χ1v) is 31.6. The number of hydrogen-bond donors (Lipinski definition) is 6. The number of aryl methyl sites for hydroxylation is 2. The van der Waals surface area contributed by atoms with Crippen molar-refractivity contribution in [2.75, 3.05) is 44.0 Å². The Bertz CT molecular complexity index is 3290. The fourth-order valence-corrected chi connectivity index (χ4v) is 17.0. The van der Waals surface area contributed by atoms with E-state index in [-0.39, 0.29) is 52.5 Å². The summed E-state index contributed by atoms with van der Waals surface area (Å²) < 4.78 is 73.1. The largest absolute Gasteiger partial charge is 0.447 e. The zero-order chi connectivity index (χ0) is 54.7. The number of amides is 2. The Morgan fingerprint density at radius 2 is 1.23 bits per heavy atom. The van der Waals surface area contributed by atoms with Crippen molar-refractivity contribution >= 4 is 77.5 Å². The summed E-state index contributed by atoms with van der Waals surface area (Å²) in [5, 5.41) is 28.0. The van der Waals surface area contributed by atoms with E-state index < -0.39 is 42.4 Å². The lowest BCUT2D eigenvalue weighted by Gasteiger charge is -2.35. The molecule has 2 unspecified atom stereocenters. The van der Waals surface area contributed by atoms with Crippen LogP contribution in [-0.4, -0.2) is 132 Å². The molecule has 6 heterocycles. The van der Waals surface area contributed by atoms with Crippen molar-refractivity contribution in [3.05, 3.63) is 82.3 Å². The maximum absolute atomic E-state index is 14.2. The van der Waals surface area contributed by atoms with Gasteiger partial charge in [-0.2, -0.15) is 10.2 Å². The molecule has 10 rings (SSSR count). The number of ether oxygens (including phenoxy) is 3. The summed E-state index contributed by atoms with van der Waals surface area (Å²) in [6.07, 6.45) is 10.1. The van der Waals surface area contributed by atoms with Crippen molar-refractivity contribution in [2.45, 2.75) is 155 Å². The topological polar surface area (TPSA) is 265 Å². The van der Waals surface area contributed by atoms with Crippen molar-refractivity contribution in [3.63, 3.8) is 0 Å². The first-order valence-electron chi connectivity index (χ1n) is 26.9. The van der Waals surface area contributed by atoms with Gasteiger partial charge in [0, 0.05) is 102 Å². The third-order valence-corrected chi connectivity index (χ3v) is 21.8. The van der Waals surface area contributed by atoms with Crippen LogP contribution in [0.5, 0.6) is 0 Å². The minimum atomic E-state index is -3.78. The predicted molar refractivity (Wildman–Crippen MR) is 301 cm³/mol. The molecule has 24 heteroatoms. The third kappa shape index (κ3) is 13.1. The maximum Gasteiger partial charge on any atom is 0.407 e. The number of likely N-dealkylation sites (tertiary alicyclic amines) is 1. The number of alkyl carbamates (subject to hydrolysis) is 2. The number of thiazole rings is 2. The van der Waals surface area contributed by atoms with E-state index in [4.69, 9.17) is 24.2 Å². The molecule has 0 spiro atoms. The third-order valence-electron chi connectivity index (χ3n) is 15.1. The zero-order valence-corrected chi connectivity index (χ0v) is 47.8. The fraction of sp³-hybridized carbons (Fsp3) is 0.519. The van der Waals surface area contributed by atoms with Crippen molar-refractivity contribution in [1.82, 2.24) is 45.9 Å². The summed E-state index contributed by atoms with van der Waals surface area (Å²) in [6, 6.07) is 14.5. The number of benzene rings is 2. The van der Waals surface area contributed by atoms with Crippen LogP contribution in [0.2, 0.25) is 0 Å². The van der Waals surface area contributed by atoms with E-state index in [2.05, 4.69) is 41.7 Å². The van der Waals surface area contributed by atoms with E-state index in [0.29, 0.717) is 73.1 Å². The molecule has 418 valence electrons. The number of rotatable bonds is 19. The molecule has 0 radical (unpaired) electrons. The fourth-order valence-electron chi connectivity index (χ4n) is 10.8. The number of nitrogens with one attached hydrogen (secondary N) is 6. The monoisotopic (exact) mass is 1140 g/mol. The summed E-state index contributed by atoms with van der Waals surface area (Å²) in [7, 11) is -5.49. The Labute approximate surface area is 463 Å². The minimum absolute atomic E-state index is 0.0443. The van der Waals surface area contributed by atoms with Crippen LogP contribution in [0, 0.1) is 6.92 Å². The van der Waals surface area contributed by atoms with Crippen molar-refractivity contribution in [2.24, 2.45) is 0 Å². The summed E-state index contributed by atoms with van der Waals surface area (Å²) >= 11 is 3.04. The number of aromatic amines is 2. The van der Waals surface area contributed by atoms with Gasteiger partial charge in [-0.15, -0.1) is 22.7 Å². The highest BCUT2D eigenvalue weighted by Crippen LogP contribution is 2.43. The molecule has 4 aliphatic rings. The van der Waals surface area contributed by atoms with Gasteiger partial charge in [-0.05, 0) is 130 Å². The van der Waals surface area contributed by atoms with Gasteiger partial charge in [0.2, 0.25) is 0 Å². The lowest BCUT2D eigenvalue weighted by molar-refractivity contribution is 0.0967. The van der Waals surface area contributed by atoms with Gasteiger partial charge in [0.1, 0.15) is 6.10 Å². The Balaban J connectivity index is 0.705. The standard InChI is InChI=1S/C54H69N11O9S4/c1-31(2)73-53(66)59-36-12-7-34(8-13-36)51-55-26-45(75-51)43-18-17-39(23-47(43)77(68,69)41-20-21-72-30-41)58-50-25-40(62-64-50)11-6-33(4)74-54(67)60-37-14-9-35(10-15-37)52-56-27-46(76-52)44-19-16-38(57-49-22-32(3)61-63-49)24-48(44)78(70,71)42-28-65(5)29-42/h16-19,22-27,31,33-37,41-42H,6-15,20-21,28-30H2,1-5H3,(H,59,66)(H,60,67)(H2,57,61,63)(H2,58,62,64). The highest BCUT2D eigenvalue weighted by molar-refractivity contribution is 7.92. The molecular formula is C54H69N11O9S4. The molecule has 2 saturated heterocycles. The first kappa shape index (κ1) is 55.4.